The summed E-state index contributed by atoms with van der Waals surface area (Å²) in [6.45, 7) is 0. The molecule has 1 aromatic carbocycles. The third-order valence-electron chi connectivity index (χ3n) is 2.40. The second-order valence-corrected chi connectivity index (χ2v) is 4.66. The minimum absolute atomic E-state index is 0.303. The first kappa shape index (κ1) is 10.2. The average Bonchev–Trinajstić information content (AvgIpc) is 2.83. The van der Waals surface area contributed by atoms with Gasteiger partial charge < -0.3 is 9.40 Å². The van der Waals surface area contributed by atoms with E-state index in [1.54, 1.807) is 6.07 Å². The smallest absolute Gasteiger partial charge is 0.350 e. The molecular formula is C13H9NO2S. The average molecular weight is 243 g/mol. The van der Waals surface area contributed by atoms with Crippen LogP contribution in [0, 0.1) is 0 Å². The Balaban J connectivity index is 2.10. The van der Waals surface area contributed by atoms with Crippen molar-refractivity contribution in [3.8, 4) is 0 Å². The quantitative estimate of drug-likeness (QED) is 0.702. The van der Waals surface area contributed by atoms with E-state index in [9.17, 15) is 4.79 Å². The SMILES string of the molecule is O=c1oc2ccccc2cc1Sc1ccc[nH]1. The van der Waals surface area contributed by atoms with Gasteiger partial charge in [0, 0.05) is 11.6 Å². The van der Waals surface area contributed by atoms with E-state index in [1.807, 2.05) is 42.6 Å². The summed E-state index contributed by atoms with van der Waals surface area (Å²) in [5, 5.41) is 1.86. The van der Waals surface area contributed by atoms with Gasteiger partial charge in [0.1, 0.15) is 5.58 Å². The number of H-pyrrole nitrogens is 1. The highest BCUT2D eigenvalue weighted by Gasteiger charge is 2.06. The van der Waals surface area contributed by atoms with Gasteiger partial charge in [0.2, 0.25) is 0 Å². The molecule has 3 nitrogen and oxygen atoms in total. The van der Waals surface area contributed by atoms with Crippen LogP contribution >= 0.6 is 11.8 Å². The minimum atomic E-state index is -0.303. The highest BCUT2D eigenvalue weighted by molar-refractivity contribution is 7.99. The molecule has 17 heavy (non-hydrogen) atoms. The molecule has 0 aliphatic heterocycles. The lowest BCUT2D eigenvalue weighted by molar-refractivity contribution is 0.544. The Bertz CT molecular complexity index is 701. The fourth-order valence-corrected chi connectivity index (χ4v) is 2.43. The van der Waals surface area contributed by atoms with Gasteiger partial charge in [0.25, 0.3) is 0 Å². The number of benzene rings is 1. The molecule has 1 N–H and O–H groups in total. The maximum Gasteiger partial charge on any atom is 0.350 e. The van der Waals surface area contributed by atoms with Gasteiger partial charge in [-0.15, -0.1) is 0 Å². The highest BCUT2D eigenvalue weighted by atomic mass is 32.2. The Morgan fingerprint density at radius 2 is 2.00 bits per heavy atom. The number of hydrogen-bond donors (Lipinski definition) is 1. The van der Waals surface area contributed by atoms with E-state index in [-0.39, 0.29) is 5.63 Å². The molecule has 0 atom stereocenters. The number of rotatable bonds is 2. The third kappa shape index (κ3) is 1.99. The fourth-order valence-electron chi connectivity index (χ4n) is 1.61. The monoisotopic (exact) mass is 243 g/mol. The summed E-state index contributed by atoms with van der Waals surface area (Å²) in [7, 11) is 0. The first-order chi connectivity index (χ1) is 8.33. The van der Waals surface area contributed by atoms with Crippen LogP contribution in [0.2, 0.25) is 0 Å². The maximum atomic E-state index is 11.8. The van der Waals surface area contributed by atoms with Gasteiger partial charge in [-0.1, -0.05) is 30.0 Å². The Labute approximate surface area is 101 Å². The maximum absolute atomic E-state index is 11.8. The van der Waals surface area contributed by atoms with Crippen molar-refractivity contribution in [2.45, 2.75) is 9.92 Å². The van der Waals surface area contributed by atoms with E-state index in [2.05, 4.69) is 4.98 Å². The number of fused-ring (bicyclic) bond motifs is 1. The van der Waals surface area contributed by atoms with Gasteiger partial charge in [-0.2, -0.15) is 0 Å². The number of aromatic amines is 1. The lowest BCUT2D eigenvalue weighted by Crippen LogP contribution is -2.01. The van der Waals surface area contributed by atoms with Crippen LogP contribution in [0.3, 0.4) is 0 Å². The summed E-state index contributed by atoms with van der Waals surface area (Å²) >= 11 is 1.37. The van der Waals surface area contributed by atoms with Crippen LogP contribution in [0.25, 0.3) is 11.0 Å². The van der Waals surface area contributed by atoms with Crippen molar-refractivity contribution in [1.82, 2.24) is 4.98 Å². The molecule has 0 fully saturated rings. The standard InChI is InChI=1S/C13H9NO2S/c15-13-11(17-12-6-3-7-14-12)8-9-4-1-2-5-10(9)16-13/h1-8,14H. The normalized spacial score (nSPS) is 10.8. The minimum Gasteiger partial charge on any atom is -0.422 e. The Morgan fingerprint density at radius 3 is 2.82 bits per heavy atom. The first-order valence-corrected chi connectivity index (χ1v) is 5.99. The summed E-state index contributed by atoms with van der Waals surface area (Å²) in [6, 6.07) is 13.2. The molecule has 0 spiro atoms. The Kier molecular flexibility index (Phi) is 2.49. The molecule has 84 valence electrons. The number of para-hydroxylation sites is 1. The van der Waals surface area contributed by atoms with E-state index in [1.165, 1.54) is 11.8 Å². The molecule has 4 heteroatoms. The summed E-state index contributed by atoms with van der Waals surface area (Å²) in [4.78, 5) is 15.4. The van der Waals surface area contributed by atoms with E-state index in [0.717, 1.165) is 10.4 Å². The van der Waals surface area contributed by atoms with Gasteiger partial charge in [-0.25, -0.2) is 4.79 Å². The molecule has 0 amide bonds. The van der Waals surface area contributed by atoms with Crippen LogP contribution in [0.5, 0.6) is 0 Å². The summed E-state index contributed by atoms with van der Waals surface area (Å²) in [5.41, 5.74) is 0.316. The molecule has 0 unspecified atom stereocenters. The number of hydrogen-bond acceptors (Lipinski definition) is 3. The van der Waals surface area contributed by atoms with Gasteiger partial charge in [0.05, 0.1) is 9.92 Å². The molecule has 0 radical (unpaired) electrons. The van der Waals surface area contributed by atoms with Crippen LogP contribution in [0.15, 0.2) is 67.8 Å². The van der Waals surface area contributed by atoms with Crippen LogP contribution < -0.4 is 5.63 Å². The number of aromatic nitrogens is 1. The predicted molar refractivity (Wildman–Crippen MR) is 67.4 cm³/mol. The van der Waals surface area contributed by atoms with Crippen LogP contribution in [-0.2, 0) is 0 Å². The van der Waals surface area contributed by atoms with E-state index >= 15 is 0 Å². The van der Waals surface area contributed by atoms with Gasteiger partial charge >= 0.3 is 5.63 Å². The van der Waals surface area contributed by atoms with Crippen molar-refractivity contribution in [2.24, 2.45) is 0 Å². The van der Waals surface area contributed by atoms with Crippen LogP contribution in [0.1, 0.15) is 0 Å². The lowest BCUT2D eigenvalue weighted by Gasteiger charge is -2.00. The Hall–Kier alpha value is -1.94. The van der Waals surface area contributed by atoms with Crippen LogP contribution in [-0.4, -0.2) is 4.98 Å². The van der Waals surface area contributed by atoms with Gasteiger partial charge in [0.15, 0.2) is 0 Å². The predicted octanol–water partition coefficient (Wildman–Crippen LogP) is 3.27. The summed E-state index contributed by atoms with van der Waals surface area (Å²) < 4.78 is 5.25. The molecule has 3 rings (SSSR count). The molecular weight excluding hydrogens is 234 g/mol. The lowest BCUT2D eigenvalue weighted by atomic mass is 10.2. The summed E-state index contributed by atoms with van der Waals surface area (Å²) in [6.07, 6.45) is 1.82. The van der Waals surface area contributed by atoms with E-state index in [0.29, 0.717) is 10.5 Å². The second kappa shape index (κ2) is 4.14. The van der Waals surface area contributed by atoms with Crippen molar-refractivity contribution in [3.05, 3.63) is 59.1 Å². The van der Waals surface area contributed by atoms with Crippen molar-refractivity contribution in [2.75, 3.05) is 0 Å². The van der Waals surface area contributed by atoms with Gasteiger partial charge in [-0.3, -0.25) is 0 Å². The number of nitrogens with one attached hydrogen (secondary N) is 1. The molecule has 3 aromatic rings. The molecule has 0 aliphatic rings. The van der Waals surface area contributed by atoms with Crippen molar-refractivity contribution < 1.29 is 4.42 Å². The van der Waals surface area contributed by atoms with E-state index in [4.69, 9.17) is 4.42 Å². The molecule has 2 heterocycles. The molecule has 0 aliphatic carbocycles. The molecule has 0 saturated heterocycles. The Morgan fingerprint density at radius 1 is 1.12 bits per heavy atom. The first-order valence-electron chi connectivity index (χ1n) is 5.17. The third-order valence-corrected chi connectivity index (χ3v) is 3.38. The highest BCUT2D eigenvalue weighted by Crippen LogP contribution is 2.25. The van der Waals surface area contributed by atoms with Crippen molar-refractivity contribution >= 4 is 22.7 Å². The second-order valence-electron chi connectivity index (χ2n) is 3.57. The summed E-state index contributed by atoms with van der Waals surface area (Å²) in [5.74, 6) is 0. The van der Waals surface area contributed by atoms with Crippen molar-refractivity contribution in [1.29, 1.82) is 0 Å². The zero-order chi connectivity index (χ0) is 11.7. The molecule has 0 bridgehead atoms. The topological polar surface area (TPSA) is 46.0 Å². The molecule has 2 aromatic heterocycles. The van der Waals surface area contributed by atoms with E-state index < -0.39 is 0 Å². The van der Waals surface area contributed by atoms with Gasteiger partial charge in [-0.05, 0) is 24.3 Å². The van der Waals surface area contributed by atoms with Crippen LogP contribution in [0.4, 0.5) is 0 Å². The zero-order valence-corrected chi connectivity index (χ0v) is 9.66. The fraction of sp³-hybridized carbons (Fsp3) is 0. The molecule has 0 saturated carbocycles. The largest absolute Gasteiger partial charge is 0.422 e. The van der Waals surface area contributed by atoms with Crippen molar-refractivity contribution in [3.63, 3.8) is 0 Å². The zero-order valence-electron chi connectivity index (χ0n) is 8.84.